The monoisotopic (exact) mass is 124 g/mol. The molecule has 0 heteroatoms. The van der Waals surface area contributed by atoms with Crippen LogP contribution in [0.25, 0.3) is 0 Å². The van der Waals surface area contributed by atoms with E-state index in [1.807, 2.05) is 0 Å². The van der Waals surface area contributed by atoms with E-state index in [4.69, 9.17) is 0 Å². The molecule has 0 radical (unpaired) electrons. The second-order valence-electron chi connectivity index (χ2n) is 2.44. The highest BCUT2D eigenvalue weighted by atomic mass is 13.9. The fourth-order valence-corrected chi connectivity index (χ4v) is 0.760. The zero-order chi connectivity index (χ0) is 7.28. The van der Waals surface area contributed by atoms with Gasteiger partial charge in [-0.1, -0.05) is 30.2 Å². The molecule has 0 atom stereocenters. The summed E-state index contributed by atoms with van der Waals surface area (Å²) in [7, 11) is 0. The van der Waals surface area contributed by atoms with Crippen molar-refractivity contribution in [3.63, 3.8) is 0 Å². The summed E-state index contributed by atoms with van der Waals surface area (Å²) in [6.45, 7) is 8.51. The third kappa shape index (κ3) is 4.01. The van der Waals surface area contributed by atoms with E-state index in [-0.39, 0.29) is 0 Å². The summed E-state index contributed by atoms with van der Waals surface area (Å²) < 4.78 is 0. The first-order valence-electron chi connectivity index (χ1n) is 3.50. The molecular weight excluding hydrogens is 108 g/mol. The molecule has 0 N–H and O–H groups in total. The molecule has 0 aliphatic rings. The molecule has 0 saturated carbocycles. The van der Waals surface area contributed by atoms with Gasteiger partial charge in [-0.05, 0) is 27.2 Å². The van der Waals surface area contributed by atoms with Crippen molar-refractivity contribution in [3.05, 3.63) is 23.3 Å². The standard InChI is InChI=1S/C9H16/c1-5-9(6-2)7-8(3)4/h5,7H,6H2,1-4H3/b9-5-. The van der Waals surface area contributed by atoms with Crippen LogP contribution in [0, 0.1) is 0 Å². The molecule has 0 rings (SSSR count). The van der Waals surface area contributed by atoms with Crippen molar-refractivity contribution < 1.29 is 0 Å². The van der Waals surface area contributed by atoms with Crippen molar-refractivity contribution in [2.24, 2.45) is 0 Å². The van der Waals surface area contributed by atoms with Gasteiger partial charge in [-0.15, -0.1) is 0 Å². The van der Waals surface area contributed by atoms with Crippen LogP contribution in [0.5, 0.6) is 0 Å². The van der Waals surface area contributed by atoms with E-state index in [0.717, 1.165) is 6.42 Å². The Morgan fingerprint density at radius 2 is 1.89 bits per heavy atom. The lowest BCUT2D eigenvalue weighted by molar-refractivity contribution is 1.13. The lowest BCUT2D eigenvalue weighted by atomic mass is 10.1. The highest BCUT2D eigenvalue weighted by Crippen LogP contribution is 2.04. The van der Waals surface area contributed by atoms with E-state index in [1.54, 1.807) is 0 Å². The van der Waals surface area contributed by atoms with Crippen LogP contribution < -0.4 is 0 Å². The summed E-state index contributed by atoms with van der Waals surface area (Å²) in [4.78, 5) is 0. The molecule has 0 bridgehead atoms. The van der Waals surface area contributed by atoms with Crippen molar-refractivity contribution in [3.8, 4) is 0 Å². The minimum absolute atomic E-state index is 1.14. The van der Waals surface area contributed by atoms with Gasteiger partial charge in [-0.2, -0.15) is 0 Å². The molecule has 0 aromatic rings. The molecule has 0 aromatic carbocycles. The number of hydrogen-bond donors (Lipinski definition) is 0. The Morgan fingerprint density at radius 3 is 2.00 bits per heavy atom. The molecule has 0 aliphatic carbocycles. The Hall–Kier alpha value is -0.520. The predicted octanol–water partition coefficient (Wildman–Crippen LogP) is 3.31. The van der Waals surface area contributed by atoms with Crippen LogP contribution in [0.15, 0.2) is 23.3 Å². The Bertz CT molecular complexity index is 123. The maximum Gasteiger partial charge on any atom is -0.0311 e. The average molecular weight is 124 g/mol. The van der Waals surface area contributed by atoms with Crippen molar-refractivity contribution in [1.29, 1.82) is 0 Å². The molecule has 0 amide bonds. The predicted molar refractivity (Wildman–Crippen MR) is 43.5 cm³/mol. The minimum atomic E-state index is 1.14. The largest absolute Gasteiger partial charge is 0.0845 e. The van der Waals surface area contributed by atoms with Crippen molar-refractivity contribution >= 4 is 0 Å². The molecule has 0 nitrogen and oxygen atoms in total. The zero-order valence-electron chi connectivity index (χ0n) is 6.86. The topological polar surface area (TPSA) is 0 Å². The number of allylic oxidation sites excluding steroid dienone is 4. The van der Waals surface area contributed by atoms with Crippen LogP contribution in [0.1, 0.15) is 34.1 Å². The first-order chi connectivity index (χ1) is 4.20. The van der Waals surface area contributed by atoms with Crippen LogP contribution in [0.3, 0.4) is 0 Å². The zero-order valence-corrected chi connectivity index (χ0v) is 6.86. The summed E-state index contributed by atoms with van der Waals surface area (Å²) in [6, 6.07) is 0. The van der Waals surface area contributed by atoms with E-state index in [0.29, 0.717) is 0 Å². The average Bonchev–Trinajstić information content (AvgIpc) is 1.82. The van der Waals surface area contributed by atoms with Crippen LogP contribution in [-0.4, -0.2) is 0 Å². The van der Waals surface area contributed by atoms with Gasteiger partial charge in [0, 0.05) is 0 Å². The summed E-state index contributed by atoms with van der Waals surface area (Å²) in [5, 5.41) is 0. The fraction of sp³-hybridized carbons (Fsp3) is 0.556. The van der Waals surface area contributed by atoms with Gasteiger partial charge in [0.25, 0.3) is 0 Å². The normalized spacial score (nSPS) is 11.3. The van der Waals surface area contributed by atoms with E-state index in [1.165, 1.54) is 11.1 Å². The van der Waals surface area contributed by atoms with Crippen molar-refractivity contribution in [2.45, 2.75) is 34.1 Å². The molecule has 0 heterocycles. The van der Waals surface area contributed by atoms with Crippen LogP contribution >= 0.6 is 0 Å². The highest BCUT2D eigenvalue weighted by Gasteiger charge is 1.84. The van der Waals surface area contributed by atoms with Crippen LogP contribution in [0.4, 0.5) is 0 Å². The van der Waals surface area contributed by atoms with Crippen molar-refractivity contribution in [1.82, 2.24) is 0 Å². The quantitative estimate of drug-likeness (QED) is 0.495. The molecule has 9 heavy (non-hydrogen) atoms. The van der Waals surface area contributed by atoms with Gasteiger partial charge < -0.3 is 0 Å². The molecule has 0 spiro atoms. The van der Waals surface area contributed by atoms with Crippen LogP contribution in [0.2, 0.25) is 0 Å². The maximum atomic E-state index is 2.22. The summed E-state index contributed by atoms with van der Waals surface area (Å²) in [5.41, 5.74) is 2.81. The van der Waals surface area contributed by atoms with Gasteiger partial charge in [-0.25, -0.2) is 0 Å². The minimum Gasteiger partial charge on any atom is -0.0845 e. The van der Waals surface area contributed by atoms with E-state index in [2.05, 4.69) is 39.8 Å². The first kappa shape index (κ1) is 8.48. The van der Waals surface area contributed by atoms with Gasteiger partial charge >= 0.3 is 0 Å². The second kappa shape index (κ2) is 4.37. The highest BCUT2D eigenvalue weighted by molar-refractivity contribution is 5.20. The van der Waals surface area contributed by atoms with E-state index in [9.17, 15) is 0 Å². The van der Waals surface area contributed by atoms with Gasteiger partial charge in [0.1, 0.15) is 0 Å². The Kier molecular flexibility index (Phi) is 4.12. The fourth-order valence-electron chi connectivity index (χ4n) is 0.760. The molecule has 0 unspecified atom stereocenters. The molecular formula is C9H16. The molecule has 0 aromatic heterocycles. The van der Waals surface area contributed by atoms with Gasteiger partial charge in [0.2, 0.25) is 0 Å². The maximum absolute atomic E-state index is 2.22. The molecule has 0 fully saturated rings. The smallest absolute Gasteiger partial charge is 0.0311 e. The molecule has 52 valence electrons. The van der Waals surface area contributed by atoms with Crippen molar-refractivity contribution in [2.75, 3.05) is 0 Å². The van der Waals surface area contributed by atoms with E-state index < -0.39 is 0 Å². The molecule has 0 aliphatic heterocycles. The van der Waals surface area contributed by atoms with Gasteiger partial charge in [0.15, 0.2) is 0 Å². The third-order valence-electron chi connectivity index (χ3n) is 1.25. The lowest BCUT2D eigenvalue weighted by Crippen LogP contribution is -1.73. The Balaban J connectivity index is 4.01. The second-order valence-corrected chi connectivity index (χ2v) is 2.44. The van der Waals surface area contributed by atoms with Gasteiger partial charge in [0.05, 0.1) is 0 Å². The molecule has 0 saturated heterocycles. The summed E-state index contributed by atoms with van der Waals surface area (Å²) in [5.74, 6) is 0. The van der Waals surface area contributed by atoms with Crippen LogP contribution in [-0.2, 0) is 0 Å². The van der Waals surface area contributed by atoms with E-state index >= 15 is 0 Å². The third-order valence-corrected chi connectivity index (χ3v) is 1.25. The SMILES string of the molecule is C/C=C(\C=C(C)C)CC. The van der Waals surface area contributed by atoms with Gasteiger partial charge in [-0.3, -0.25) is 0 Å². The summed E-state index contributed by atoms with van der Waals surface area (Å²) in [6.07, 6.45) is 5.52. The first-order valence-corrected chi connectivity index (χ1v) is 3.50. The number of hydrogen-bond acceptors (Lipinski definition) is 0. The Labute approximate surface area is 58.3 Å². The Morgan fingerprint density at radius 1 is 1.33 bits per heavy atom. The summed E-state index contributed by atoms with van der Waals surface area (Å²) >= 11 is 0. The lowest BCUT2D eigenvalue weighted by Gasteiger charge is -1.94. The number of rotatable bonds is 2.